The van der Waals surface area contributed by atoms with Gasteiger partial charge in [-0.05, 0) is 38.6 Å². The fourth-order valence-electron chi connectivity index (χ4n) is 4.58. The Hall–Kier alpha value is -2.73. The second kappa shape index (κ2) is 6.71. The zero-order chi connectivity index (χ0) is 19.9. The fourth-order valence-corrected chi connectivity index (χ4v) is 4.58. The molecule has 1 fully saturated rings. The summed E-state index contributed by atoms with van der Waals surface area (Å²) in [6, 6.07) is 12.5. The van der Waals surface area contributed by atoms with Gasteiger partial charge in [0.2, 0.25) is 5.91 Å². The van der Waals surface area contributed by atoms with E-state index >= 15 is 0 Å². The van der Waals surface area contributed by atoms with Crippen molar-refractivity contribution in [3.8, 4) is 0 Å². The molecular weight excluding hydrogens is 350 g/mol. The van der Waals surface area contributed by atoms with Crippen LogP contribution in [0.1, 0.15) is 31.0 Å². The summed E-state index contributed by atoms with van der Waals surface area (Å²) in [7, 11) is 4.11. The SMILES string of the molecule is CN(C)[C@H](Cc1cc2cn[nH]c2cn1)CC1(C(N)=O)CC1(C)c1ccccc1. The molecule has 146 valence electrons. The number of nitrogens with one attached hydrogen (secondary N) is 1. The molecule has 6 nitrogen and oxygen atoms in total. The summed E-state index contributed by atoms with van der Waals surface area (Å²) in [5, 5.41) is 8.04. The Morgan fingerprint density at radius 1 is 1.29 bits per heavy atom. The smallest absolute Gasteiger partial charge is 0.224 e. The lowest BCUT2D eigenvalue weighted by Gasteiger charge is -2.30. The van der Waals surface area contributed by atoms with Crippen molar-refractivity contribution in [3.63, 3.8) is 0 Å². The second-order valence-corrected chi connectivity index (χ2v) is 8.48. The lowest BCUT2D eigenvalue weighted by molar-refractivity contribution is -0.124. The Morgan fingerprint density at radius 2 is 2.04 bits per heavy atom. The first-order valence-corrected chi connectivity index (χ1v) is 9.66. The van der Waals surface area contributed by atoms with Gasteiger partial charge in [-0.2, -0.15) is 5.10 Å². The number of nitrogens with two attached hydrogens (primary N) is 1. The van der Waals surface area contributed by atoms with E-state index < -0.39 is 5.41 Å². The molecule has 1 aliphatic carbocycles. The summed E-state index contributed by atoms with van der Waals surface area (Å²) in [5.74, 6) is -0.205. The molecule has 0 aliphatic heterocycles. The maximum Gasteiger partial charge on any atom is 0.224 e. The van der Waals surface area contributed by atoms with Gasteiger partial charge in [0.15, 0.2) is 0 Å². The average Bonchev–Trinajstić information content (AvgIpc) is 3.06. The average molecular weight is 377 g/mol. The second-order valence-electron chi connectivity index (χ2n) is 8.48. The predicted molar refractivity (Wildman–Crippen MR) is 110 cm³/mol. The number of carbonyl (C=O) groups is 1. The molecule has 0 spiro atoms. The lowest BCUT2D eigenvalue weighted by Crippen LogP contribution is -2.40. The highest BCUT2D eigenvalue weighted by Gasteiger charge is 2.69. The maximum absolute atomic E-state index is 12.6. The van der Waals surface area contributed by atoms with Gasteiger partial charge in [-0.1, -0.05) is 37.3 Å². The quantitative estimate of drug-likeness (QED) is 0.663. The summed E-state index contributed by atoms with van der Waals surface area (Å²) in [4.78, 5) is 19.4. The van der Waals surface area contributed by atoms with Crippen LogP contribution in [0.25, 0.3) is 10.9 Å². The van der Waals surface area contributed by atoms with Crippen LogP contribution in [0.4, 0.5) is 0 Å². The van der Waals surface area contributed by atoms with Crippen molar-refractivity contribution in [1.29, 1.82) is 0 Å². The van der Waals surface area contributed by atoms with Crippen LogP contribution in [-0.4, -0.2) is 46.1 Å². The molecule has 4 rings (SSSR count). The maximum atomic E-state index is 12.6. The number of fused-ring (bicyclic) bond motifs is 1. The number of rotatable bonds is 7. The minimum atomic E-state index is -0.525. The Labute approximate surface area is 165 Å². The van der Waals surface area contributed by atoms with E-state index in [-0.39, 0.29) is 17.4 Å². The molecule has 3 aromatic rings. The minimum absolute atomic E-state index is 0.162. The molecule has 1 aliphatic rings. The third-order valence-electron chi connectivity index (χ3n) is 6.61. The van der Waals surface area contributed by atoms with E-state index in [1.165, 1.54) is 5.56 Å². The van der Waals surface area contributed by atoms with Crippen LogP contribution in [0.5, 0.6) is 0 Å². The molecule has 6 heteroatoms. The van der Waals surface area contributed by atoms with Crippen LogP contribution in [0.15, 0.2) is 48.8 Å². The molecule has 28 heavy (non-hydrogen) atoms. The molecule has 0 bridgehead atoms. The van der Waals surface area contributed by atoms with E-state index in [2.05, 4.69) is 59.3 Å². The van der Waals surface area contributed by atoms with Gasteiger partial charge in [0.1, 0.15) is 0 Å². The monoisotopic (exact) mass is 377 g/mol. The van der Waals surface area contributed by atoms with Gasteiger partial charge in [0, 0.05) is 29.0 Å². The molecule has 1 saturated carbocycles. The number of primary amides is 1. The number of hydrogen-bond acceptors (Lipinski definition) is 4. The van der Waals surface area contributed by atoms with Crippen LogP contribution < -0.4 is 5.73 Å². The highest BCUT2D eigenvalue weighted by molar-refractivity contribution is 5.87. The first-order valence-electron chi connectivity index (χ1n) is 9.66. The van der Waals surface area contributed by atoms with Gasteiger partial charge in [0.25, 0.3) is 0 Å². The van der Waals surface area contributed by atoms with Gasteiger partial charge in [-0.15, -0.1) is 0 Å². The van der Waals surface area contributed by atoms with E-state index in [0.29, 0.717) is 6.42 Å². The number of H-pyrrole nitrogens is 1. The standard InChI is InChI=1S/C22H27N5O/c1-21(16-7-5-4-6-8-16)14-22(21,20(23)28)11-18(27(2)3)10-17-9-15-12-25-26-19(15)13-24-17/h4-9,12-13,18H,10-11,14H2,1-3H3,(H2,23,28)(H,25,26)/t18-,21?,22?/m1/s1. The van der Waals surface area contributed by atoms with E-state index in [9.17, 15) is 4.79 Å². The number of amides is 1. The van der Waals surface area contributed by atoms with Crippen molar-refractivity contribution in [3.05, 3.63) is 60.0 Å². The number of likely N-dealkylation sites (N-methyl/N-ethyl adjacent to an activating group) is 1. The first kappa shape index (κ1) is 18.6. The zero-order valence-electron chi connectivity index (χ0n) is 16.6. The topological polar surface area (TPSA) is 87.9 Å². The van der Waals surface area contributed by atoms with Crippen molar-refractivity contribution in [2.75, 3.05) is 14.1 Å². The molecule has 0 radical (unpaired) electrons. The van der Waals surface area contributed by atoms with Gasteiger partial charge in [-0.25, -0.2) is 0 Å². The number of pyridine rings is 1. The third kappa shape index (κ3) is 2.98. The summed E-state index contributed by atoms with van der Waals surface area (Å²) in [6.07, 6.45) is 5.89. The lowest BCUT2D eigenvalue weighted by atomic mass is 9.81. The molecule has 3 N–H and O–H groups in total. The fraction of sp³-hybridized carbons (Fsp3) is 0.409. The van der Waals surface area contributed by atoms with Gasteiger partial charge in [0.05, 0.1) is 23.3 Å². The van der Waals surface area contributed by atoms with Crippen LogP contribution in [0, 0.1) is 5.41 Å². The summed E-state index contributed by atoms with van der Waals surface area (Å²) in [6.45, 7) is 2.16. The largest absolute Gasteiger partial charge is 0.369 e. The van der Waals surface area contributed by atoms with Crippen molar-refractivity contribution >= 4 is 16.8 Å². The van der Waals surface area contributed by atoms with E-state index in [0.717, 1.165) is 29.4 Å². The summed E-state index contributed by atoms with van der Waals surface area (Å²) >= 11 is 0. The summed E-state index contributed by atoms with van der Waals surface area (Å²) < 4.78 is 0. The Morgan fingerprint density at radius 3 is 2.71 bits per heavy atom. The summed E-state index contributed by atoms with van der Waals surface area (Å²) in [5.41, 5.74) is 8.33. The highest BCUT2D eigenvalue weighted by atomic mass is 16.1. The van der Waals surface area contributed by atoms with E-state index in [1.54, 1.807) is 0 Å². The van der Waals surface area contributed by atoms with Crippen LogP contribution >= 0.6 is 0 Å². The molecule has 1 amide bonds. The van der Waals surface area contributed by atoms with Crippen LogP contribution in [0.3, 0.4) is 0 Å². The molecule has 2 unspecified atom stereocenters. The number of benzene rings is 1. The molecule has 2 heterocycles. The molecule has 1 aromatic carbocycles. The van der Waals surface area contributed by atoms with Crippen molar-refractivity contribution in [2.45, 2.75) is 37.6 Å². The Balaban J connectivity index is 1.60. The number of nitrogens with zero attached hydrogens (tertiary/aromatic N) is 3. The van der Waals surface area contributed by atoms with Crippen molar-refractivity contribution < 1.29 is 4.79 Å². The number of hydrogen-bond donors (Lipinski definition) is 2. The van der Waals surface area contributed by atoms with Gasteiger partial charge < -0.3 is 10.6 Å². The highest BCUT2D eigenvalue weighted by Crippen LogP contribution is 2.67. The Bertz CT molecular complexity index is 998. The first-order chi connectivity index (χ1) is 13.4. The van der Waals surface area contributed by atoms with Crippen LogP contribution in [0.2, 0.25) is 0 Å². The van der Waals surface area contributed by atoms with E-state index in [1.807, 2.05) is 30.6 Å². The van der Waals surface area contributed by atoms with Crippen molar-refractivity contribution in [1.82, 2.24) is 20.1 Å². The van der Waals surface area contributed by atoms with Gasteiger partial charge in [-0.3, -0.25) is 14.9 Å². The number of aromatic nitrogens is 3. The molecule has 0 saturated heterocycles. The molecule has 3 atom stereocenters. The van der Waals surface area contributed by atoms with Crippen molar-refractivity contribution in [2.24, 2.45) is 11.1 Å². The predicted octanol–water partition coefficient (Wildman–Crippen LogP) is 2.65. The minimum Gasteiger partial charge on any atom is -0.369 e. The molecule has 2 aromatic heterocycles. The van der Waals surface area contributed by atoms with Gasteiger partial charge >= 0.3 is 0 Å². The normalized spacial score (nSPS) is 25.1. The molecular formula is C22H27N5O. The van der Waals surface area contributed by atoms with Crippen LogP contribution in [-0.2, 0) is 16.6 Å². The third-order valence-corrected chi connectivity index (χ3v) is 6.61. The Kier molecular flexibility index (Phi) is 4.46. The zero-order valence-corrected chi connectivity index (χ0v) is 16.6. The van der Waals surface area contributed by atoms with E-state index in [4.69, 9.17) is 5.73 Å². The number of aromatic amines is 1. The number of carbonyl (C=O) groups excluding carboxylic acids is 1.